The van der Waals surface area contributed by atoms with E-state index in [0.717, 1.165) is 10.3 Å². The molecule has 2 rings (SSSR count). The van der Waals surface area contributed by atoms with Crippen LogP contribution in [0.25, 0.3) is 0 Å². The number of carboxylic acids is 1. The number of nitrogens with zero attached hydrogens (tertiary/aromatic N) is 3. The zero-order chi connectivity index (χ0) is 13.3. The summed E-state index contributed by atoms with van der Waals surface area (Å²) in [6.45, 7) is 4.75. The smallest absolute Gasteiger partial charge is 0.337 e. The van der Waals surface area contributed by atoms with E-state index in [1.165, 1.54) is 0 Å². The summed E-state index contributed by atoms with van der Waals surface area (Å²) in [4.78, 5) is 15.0. The van der Waals surface area contributed by atoms with Crippen molar-refractivity contribution in [3.05, 3.63) is 40.6 Å². The van der Waals surface area contributed by atoms with Crippen molar-refractivity contribution in [2.75, 3.05) is 0 Å². The molecule has 5 nitrogen and oxygen atoms in total. The molecule has 2 heterocycles. The average molecular weight is 312 g/mol. The van der Waals surface area contributed by atoms with Gasteiger partial charge in [-0.25, -0.2) is 9.78 Å². The highest BCUT2D eigenvalue weighted by atomic mass is 79.9. The minimum absolute atomic E-state index is 0.275. The molecule has 0 bridgehead atoms. The van der Waals surface area contributed by atoms with E-state index in [4.69, 9.17) is 5.11 Å². The van der Waals surface area contributed by atoms with E-state index in [9.17, 15) is 4.79 Å². The van der Waals surface area contributed by atoms with Crippen molar-refractivity contribution in [3.63, 3.8) is 0 Å². The van der Waals surface area contributed by atoms with Crippen molar-refractivity contribution in [1.82, 2.24) is 14.1 Å². The predicted octanol–water partition coefficient (Wildman–Crippen LogP) is 2.77. The number of carboxylic acid groups (broad SMARTS) is 1. The molecule has 2 aromatic heterocycles. The highest BCUT2D eigenvalue weighted by molar-refractivity contribution is 9.10. The second kappa shape index (κ2) is 4.97. The Morgan fingerprint density at radius 3 is 2.83 bits per heavy atom. The Morgan fingerprint density at radius 2 is 2.28 bits per heavy atom. The summed E-state index contributed by atoms with van der Waals surface area (Å²) in [5, 5.41) is 8.94. The topological polar surface area (TPSA) is 60.0 Å². The molecule has 0 unspecified atom stereocenters. The van der Waals surface area contributed by atoms with Gasteiger partial charge in [-0.05, 0) is 35.8 Å². The Kier molecular flexibility index (Phi) is 3.56. The van der Waals surface area contributed by atoms with Crippen LogP contribution in [0.3, 0.4) is 0 Å². The number of aromatic carboxylic acids is 1. The van der Waals surface area contributed by atoms with Crippen LogP contribution in [0, 0.1) is 0 Å². The largest absolute Gasteiger partial charge is 0.478 e. The minimum Gasteiger partial charge on any atom is -0.478 e. The van der Waals surface area contributed by atoms with E-state index < -0.39 is 5.97 Å². The van der Waals surface area contributed by atoms with E-state index >= 15 is 0 Å². The third-order valence-electron chi connectivity index (χ3n) is 2.73. The van der Waals surface area contributed by atoms with Crippen LogP contribution in [0.5, 0.6) is 0 Å². The second-order valence-electron chi connectivity index (χ2n) is 4.37. The van der Waals surface area contributed by atoms with Crippen LogP contribution in [-0.2, 0) is 6.54 Å². The number of halogens is 1. The van der Waals surface area contributed by atoms with Crippen molar-refractivity contribution in [1.29, 1.82) is 0 Å². The van der Waals surface area contributed by atoms with Gasteiger partial charge < -0.3 is 14.2 Å². The van der Waals surface area contributed by atoms with Crippen molar-refractivity contribution in [2.45, 2.75) is 26.4 Å². The van der Waals surface area contributed by atoms with Gasteiger partial charge in [0.05, 0.1) is 28.7 Å². The number of imidazole rings is 1. The van der Waals surface area contributed by atoms with Crippen LogP contribution in [0.2, 0.25) is 0 Å². The monoisotopic (exact) mass is 311 g/mol. The van der Waals surface area contributed by atoms with Crippen LogP contribution in [0.1, 0.15) is 35.9 Å². The van der Waals surface area contributed by atoms with Gasteiger partial charge >= 0.3 is 5.97 Å². The molecule has 0 spiro atoms. The van der Waals surface area contributed by atoms with Gasteiger partial charge in [0.2, 0.25) is 0 Å². The maximum absolute atomic E-state index is 10.9. The molecular weight excluding hydrogens is 298 g/mol. The summed E-state index contributed by atoms with van der Waals surface area (Å²) in [5.74, 6) is -0.924. The van der Waals surface area contributed by atoms with E-state index in [1.54, 1.807) is 24.8 Å². The molecular formula is C12H14BrN3O2. The number of carbonyl (C=O) groups is 1. The highest BCUT2D eigenvalue weighted by Crippen LogP contribution is 2.18. The first kappa shape index (κ1) is 12.9. The third kappa shape index (κ3) is 2.48. The molecule has 0 saturated heterocycles. The van der Waals surface area contributed by atoms with Gasteiger partial charge in [0.15, 0.2) is 0 Å². The van der Waals surface area contributed by atoms with E-state index in [-0.39, 0.29) is 5.56 Å². The molecule has 0 fully saturated rings. The number of aromatic nitrogens is 3. The molecule has 0 atom stereocenters. The van der Waals surface area contributed by atoms with Gasteiger partial charge in [0, 0.05) is 18.4 Å². The predicted molar refractivity (Wildman–Crippen MR) is 70.8 cm³/mol. The van der Waals surface area contributed by atoms with Gasteiger partial charge in [-0.3, -0.25) is 0 Å². The Morgan fingerprint density at radius 1 is 1.56 bits per heavy atom. The fourth-order valence-corrected chi connectivity index (χ4v) is 2.28. The van der Waals surface area contributed by atoms with Gasteiger partial charge in [-0.2, -0.15) is 0 Å². The summed E-state index contributed by atoms with van der Waals surface area (Å²) in [6.07, 6.45) is 5.20. The zero-order valence-corrected chi connectivity index (χ0v) is 11.8. The summed E-state index contributed by atoms with van der Waals surface area (Å²) < 4.78 is 4.66. The van der Waals surface area contributed by atoms with Gasteiger partial charge in [-0.15, -0.1) is 0 Å². The summed E-state index contributed by atoms with van der Waals surface area (Å²) in [6, 6.07) is 1.93. The van der Waals surface area contributed by atoms with Crippen LogP contribution in [0.15, 0.2) is 29.4 Å². The summed E-state index contributed by atoms with van der Waals surface area (Å²) >= 11 is 3.36. The maximum Gasteiger partial charge on any atom is 0.337 e. The van der Waals surface area contributed by atoms with Crippen molar-refractivity contribution < 1.29 is 9.90 Å². The molecule has 2 aromatic rings. The third-order valence-corrected chi connectivity index (χ3v) is 3.41. The first-order valence-electron chi connectivity index (χ1n) is 5.58. The standard InChI is InChI=1S/C12H14BrN3O2/c1-8(2)16-7-14-4-10(16)6-15-5-9(12(17)18)3-11(15)13/h3-5,7-8H,6H2,1-2H3,(H,17,18). The molecule has 0 aliphatic rings. The fourth-order valence-electron chi connectivity index (χ4n) is 1.81. The first-order valence-corrected chi connectivity index (χ1v) is 6.38. The first-order chi connectivity index (χ1) is 8.49. The molecule has 0 aromatic carbocycles. The molecule has 0 saturated carbocycles. The Bertz CT molecular complexity index is 572. The molecule has 1 N–H and O–H groups in total. The Hall–Kier alpha value is -1.56. The molecule has 0 amide bonds. The molecule has 96 valence electrons. The molecule has 0 radical (unpaired) electrons. The molecule has 0 aliphatic carbocycles. The number of rotatable bonds is 4. The normalized spacial score (nSPS) is 11.1. The lowest BCUT2D eigenvalue weighted by atomic mass is 10.3. The van der Waals surface area contributed by atoms with Gasteiger partial charge in [-0.1, -0.05) is 0 Å². The van der Waals surface area contributed by atoms with Gasteiger partial charge in [0.25, 0.3) is 0 Å². The van der Waals surface area contributed by atoms with Crippen molar-refractivity contribution in [2.24, 2.45) is 0 Å². The number of hydrogen-bond acceptors (Lipinski definition) is 2. The quantitative estimate of drug-likeness (QED) is 0.944. The zero-order valence-electron chi connectivity index (χ0n) is 10.2. The lowest BCUT2D eigenvalue weighted by Crippen LogP contribution is -2.08. The Labute approximate surface area is 113 Å². The van der Waals surface area contributed by atoms with Crippen LogP contribution in [-0.4, -0.2) is 25.2 Å². The van der Waals surface area contributed by atoms with Crippen LogP contribution in [0.4, 0.5) is 0 Å². The Balaban J connectivity index is 2.28. The van der Waals surface area contributed by atoms with E-state index in [0.29, 0.717) is 12.6 Å². The molecule has 0 aliphatic heterocycles. The summed E-state index contributed by atoms with van der Waals surface area (Å²) in [7, 11) is 0. The maximum atomic E-state index is 10.9. The molecule has 18 heavy (non-hydrogen) atoms. The van der Waals surface area contributed by atoms with Crippen molar-refractivity contribution >= 4 is 21.9 Å². The van der Waals surface area contributed by atoms with E-state index in [2.05, 4.69) is 39.3 Å². The molecule has 6 heteroatoms. The minimum atomic E-state index is -0.924. The lowest BCUT2D eigenvalue weighted by Gasteiger charge is -2.12. The fraction of sp³-hybridized carbons (Fsp3) is 0.333. The lowest BCUT2D eigenvalue weighted by molar-refractivity contribution is 0.0697. The van der Waals surface area contributed by atoms with Crippen LogP contribution < -0.4 is 0 Å². The SMILES string of the molecule is CC(C)n1cncc1Cn1cc(C(=O)O)cc1Br. The van der Waals surface area contributed by atoms with Gasteiger partial charge in [0.1, 0.15) is 0 Å². The summed E-state index contributed by atoms with van der Waals surface area (Å²) in [5.41, 5.74) is 1.32. The second-order valence-corrected chi connectivity index (χ2v) is 5.18. The highest BCUT2D eigenvalue weighted by Gasteiger charge is 2.12. The average Bonchev–Trinajstić information content (AvgIpc) is 2.87. The van der Waals surface area contributed by atoms with Crippen LogP contribution >= 0.6 is 15.9 Å². The number of hydrogen-bond donors (Lipinski definition) is 1. The van der Waals surface area contributed by atoms with Crippen molar-refractivity contribution in [3.8, 4) is 0 Å². The van der Waals surface area contributed by atoms with E-state index in [1.807, 2.05) is 4.57 Å².